The lowest BCUT2D eigenvalue weighted by Crippen LogP contribution is -2.33. The Labute approximate surface area is 92.3 Å². The molecule has 0 spiro atoms. The molecular weight excluding hydrogens is 214 g/mol. The molecule has 1 heterocycles. The van der Waals surface area contributed by atoms with Crippen molar-refractivity contribution in [1.29, 1.82) is 0 Å². The van der Waals surface area contributed by atoms with Gasteiger partial charge in [0, 0.05) is 18.9 Å². The van der Waals surface area contributed by atoms with Crippen molar-refractivity contribution in [3.05, 3.63) is 0 Å². The van der Waals surface area contributed by atoms with Gasteiger partial charge in [-0.1, -0.05) is 0 Å². The van der Waals surface area contributed by atoms with Gasteiger partial charge in [-0.05, 0) is 32.7 Å². The van der Waals surface area contributed by atoms with E-state index in [1.165, 1.54) is 6.26 Å². The standard InChI is InChI=1S/C10H21NO3S/c1-11-9(8-15(2,12)13)5-6-10-4-3-7-14-10/h9-11H,3-8H2,1-2H3. The summed E-state index contributed by atoms with van der Waals surface area (Å²) in [6.07, 6.45) is 5.72. The summed E-state index contributed by atoms with van der Waals surface area (Å²) in [5.74, 6) is 0.218. The lowest BCUT2D eigenvalue weighted by molar-refractivity contribution is 0.100. The van der Waals surface area contributed by atoms with E-state index in [1.807, 2.05) is 7.05 Å². The van der Waals surface area contributed by atoms with Crippen LogP contribution in [0.1, 0.15) is 25.7 Å². The number of hydrogen-bond acceptors (Lipinski definition) is 4. The first-order valence-corrected chi connectivity index (χ1v) is 7.54. The molecule has 0 bridgehead atoms. The molecule has 0 saturated carbocycles. The van der Waals surface area contributed by atoms with Gasteiger partial charge >= 0.3 is 0 Å². The van der Waals surface area contributed by atoms with E-state index in [9.17, 15) is 8.42 Å². The lowest BCUT2D eigenvalue weighted by atomic mass is 10.1. The normalized spacial score (nSPS) is 24.3. The second-order valence-corrected chi connectivity index (χ2v) is 6.48. The van der Waals surface area contributed by atoms with Gasteiger partial charge < -0.3 is 10.1 Å². The van der Waals surface area contributed by atoms with Crippen LogP contribution in [0.25, 0.3) is 0 Å². The average molecular weight is 235 g/mol. The van der Waals surface area contributed by atoms with Crippen molar-refractivity contribution in [2.24, 2.45) is 0 Å². The van der Waals surface area contributed by atoms with Gasteiger partial charge in [-0.2, -0.15) is 0 Å². The van der Waals surface area contributed by atoms with Gasteiger partial charge in [0.15, 0.2) is 0 Å². The third-order valence-corrected chi connectivity index (χ3v) is 3.78. The van der Waals surface area contributed by atoms with E-state index in [0.29, 0.717) is 6.10 Å². The molecule has 0 aliphatic carbocycles. The Balaban J connectivity index is 2.27. The van der Waals surface area contributed by atoms with Crippen LogP contribution in [0.3, 0.4) is 0 Å². The predicted molar refractivity (Wildman–Crippen MR) is 60.8 cm³/mol. The van der Waals surface area contributed by atoms with E-state index in [4.69, 9.17) is 4.74 Å². The number of rotatable bonds is 6. The molecule has 2 atom stereocenters. The van der Waals surface area contributed by atoms with Gasteiger partial charge in [-0.3, -0.25) is 0 Å². The van der Waals surface area contributed by atoms with E-state index in [-0.39, 0.29) is 11.8 Å². The lowest BCUT2D eigenvalue weighted by Gasteiger charge is -2.17. The molecule has 1 saturated heterocycles. The average Bonchev–Trinajstić information content (AvgIpc) is 2.62. The Bertz CT molecular complexity index is 270. The summed E-state index contributed by atoms with van der Waals surface area (Å²) >= 11 is 0. The maximum atomic E-state index is 11.1. The highest BCUT2D eigenvalue weighted by atomic mass is 32.2. The van der Waals surface area contributed by atoms with Gasteiger partial charge in [0.25, 0.3) is 0 Å². The van der Waals surface area contributed by atoms with E-state index in [2.05, 4.69) is 5.32 Å². The number of nitrogens with one attached hydrogen (secondary N) is 1. The van der Waals surface area contributed by atoms with Crippen molar-refractivity contribution in [1.82, 2.24) is 5.32 Å². The first kappa shape index (κ1) is 12.9. The minimum atomic E-state index is -2.88. The molecule has 0 radical (unpaired) electrons. The van der Waals surface area contributed by atoms with E-state index < -0.39 is 9.84 Å². The molecule has 0 aromatic carbocycles. The molecule has 1 N–H and O–H groups in total. The maximum absolute atomic E-state index is 11.1. The molecule has 5 heteroatoms. The molecule has 0 amide bonds. The van der Waals surface area contributed by atoms with E-state index in [0.717, 1.165) is 32.3 Å². The van der Waals surface area contributed by atoms with Crippen molar-refractivity contribution < 1.29 is 13.2 Å². The highest BCUT2D eigenvalue weighted by Gasteiger charge is 2.19. The van der Waals surface area contributed by atoms with Crippen LogP contribution in [0.15, 0.2) is 0 Å². The fourth-order valence-corrected chi connectivity index (χ4v) is 3.00. The topological polar surface area (TPSA) is 55.4 Å². The summed E-state index contributed by atoms with van der Waals surface area (Å²) in [5, 5.41) is 3.05. The molecule has 90 valence electrons. The molecule has 1 aliphatic heterocycles. The molecule has 1 aliphatic rings. The molecule has 4 nitrogen and oxygen atoms in total. The highest BCUT2D eigenvalue weighted by molar-refractivity contribution is 7.90. The molecule has 1 fully saturated rings. The third-order valence-electron chi connectivity index (χ3n) is 2.77. The Morgan fingerprint density at radius 1 is 1.53 bits per heavy atom. The SMILES string of the molecule is CNC(CCC1CCCO1)CS(C)(=O)=O. The second-order valence-electron chi connectivity index (χ2n) is 4.29. The fraction of sp³-hybridized carbons (Fsp3) is 1.00. The monoisotopic (exact) mass is 235 g/mol. The van der Waals surface area contributed by atoms with Gasteiger partial charge in [0.1, 0.15) is 9.84 Å². The summed E-state index contributed by atoms with van der Waals surface area (Å²) in [6.45, 7) is 0.862. The van der Waals surface area contributed by atoms with Crippen LogP contribution in [0.4, 0.5) is 0 Å². The zero-order chi connectivity index (χ0) is 11.3. The zero-order valence-corrected chi connectivity index (χ0v) is 10.3. The maximum Gasteiger partial charge on any atom is 0.148 e. The Hall–Kier alpha value is -0.130. The summed E-state index contributed by atoms with van der Waals surface area (Å²) in [7, 11) is -1.07. The van der Waals surface area contributed by atoms with Crippen LogP contribution in [0, 0.1) is 0 Å². The quantitative estimate of drug-likeness (QED) is 0.731. The fourth-order valence-electron chi connectivity index (χ4n) is 1.94. The van der Waals surface area contributed by atoms with Gasteiger partial charge in [0.2, 0.25) is 0 Å². The minimum Gasteiger partial charge on any atom is -0.378 e. The molecule has 0 aromatic rings. The van der Waals surface area contributed by atoms with Gasteiger partial charge in [0.05, 0.1) is 11.9 Å². The largest absolute Gasteiger partial charge is 0.378 e. The smallest absolute Gasteiger partial charge is 0.148 e. The summed E-state index contributed by atoms with van der Waals surface area (Å²) in [4.78, 5) is 0. The van der Waals surface area contributed by atoms with Crippen molar-refractivity contribution in [3.8, 4) is 0 Å². The molecule has 1 rings (SSSR count). The first-order chi connectivity index (χ1) is 7.01. The van der Waals surface area contributed by atoms with Gasteiger partial charge in [-0.25, -0.2) is 8.42 Å². The van der Waals surface area contributed by atoms with E-state index >= 15 is 0 Å². The Morgan fingerprint density at radius 2 is 2.27 bits per heavy atom. The van der Waals surface area contributed by atoms with Crippen molar-refractivity contribution in [2.45, 2.75) is 37.8 Å². The van der Waals surface area contributed by atoms with Gasteiger partial charge in [-0.15, -0.1) is 0 Å². The van der Waals surface area contributed by atoms with Crippen molar-refractivity contribution >= 4 is 9.84 Å². The third kappa shape index (κ3) is 5.49. The number of hydrogen-bond donors (Lipinski definition) is 1. The minimum absolute atomic E-state index is 0.0594. The highest BCUT2D eigenvalue weighted by Crippen LogP contribution is 2.17. The van der Waals surface area contributed by atoms with Crippen LogP contribution in [0.5, 0.6) is 0 Å². The Morgan fingerprint density at radius 3 is 2.73 bits per heavy atom. The molecule has 2 unspecified atom stereocenters. The summed E-state index contributed by atoms with van der Waals surface area (Å²) in [6, 6.07) is 0.0594. The van der Waals surface area contributed by atoms with E-state index in [1.54, 1.807) is 0 Å². The summed E-state index contributed by atoms with van der Waals surface area (Å²) < 4.78 is 27.8. The number of ether oxygens (including phenoxy) is 1. The number of sulfone groups is 1. The summed E-state index contributed by atoms with van der Waals surface area (Å²) in [5.41, 5.74) is 0. The molecule has 0 aromatic heterocycles. The second kappa shape index (κ2) is 5.82. The van der Waals surface area contributed by atoms with Crippen LogP contribution < -0.4 is 5.32 Å². The zero-order valence-electron chi connectivity index (χ0n) is 9.53. The van der Waals surface area contributed by atoms with Crippen LogP contribution >= 0.6 is 0 Å². The van der Waals surface area contributed by atoms with Crippen LogP contribution in [-0.2, 0) is 14.6 Å². The Kier molecular flexibility index (Phi) is 5.02. The predicted octanol–water partition coefficient (Wildman–Crippen LogP) is 0.578. The molecule has 15 heavy (non-hydrogen) atoms. The van der Waals surface area contributed by atoms with Crippen LogP contribution in [0.2, 0.25) is 0 Å². The molecular formula is C10H21NO3S. The first-order valence-electron chi connectivity index (χ1n) is 5.48. The van der Waals surface area contributed by atoms with Crippen LogP contribution in [-0.4, -0.2) is 46.2 Å². The van der Waals surface area contributed by atoms with Crippen molar-refractivity contribution in [3.63, 3.8) is 0 Å². The van der Waals surface area contributed by atoms with Crippen molar-refractivity contribution in [2.75, 3.05) is 25.7 Å².